The highest BCUT2D eigenvalue weighted by molar-refractivity contribution is 9.10. The van der Waals surface area contributed by atoms with Crippen LogP contribution in [0.25, 0.3) is 0 Å². The molecular weight excluding hydrogens is 368 g/mol. The van der Waals surface area contributed by atoms with Gasteiger partial charge >= 0.3 is 0 Å². The third kappa shape index (κ3) is 4.12. The Morgan fingerprint density at radius 3 is 2.62 bits per heavy atom. The molecule has 0 radical (unpaired) electrons. The number of carbonyl (C=O) groups is 1. The molecule has 2 N–H and O–H groups in total. The number of benzene rings is 1. The van der Waals surface area contributed by atoms with E-state index in [-0.39, 0.29) is 11.9 Å². The van der Waals surface area contributed by atoms with Gasteiger partial charge in [0.15, 0.2) is 0 Å². The molecule has 0 saturated heterocycles. The lowest BCUT2D eigenvalue weighted by Crippen LogP contribution is -2.33. The highest BCUT2D eigenvalue weighted by atomic mass is 79.9. The van der Waals surface area contributed by atoms with Crippen molar-refractivity contribution in [1.82, 2.24) is 15.3 Å². The predicted molar refractivity (Wildman–Crippen MR) is 98.7 cm³/mol. The van der Waals surface area contributed by atoms with Gasteiger partial charge in [-0.15, -0.1) is 0 Å². The summed E-state index contributed by atoms with van der Waals surface area (Å²) < 4.78 is 1.03. The van der Waals surface area contributed by atoms with E-state index in [4.69, 9.17) is 0 Å². The highest BCUT2D eigenvalue weighted by Crippen LogP contribution is 2.23. The van der Waals surface area contributed by atoms with Gasteiger partial charge < -0.3 is 10.6 Å². The molecule has 2 aromatic rings. The number of carbonyl (C=O) groups excluding carboxylic acids is 1. The summed E-state index contributed by atoms with van der Waals surface area (Å²) in [6.07, 6.45) is 4.48. The van der Waals surface area contributed by atoms with Gasteiger partial charge in [-0.05, 0) is 50.5 Å². The fourth-order valence-electron chi connectivity index (χ4n) is 2.98. The molecule has 3 rings (SSSR count). The summed E-state index contributed by atoms with van der Waals surface area (Å²) in [7, 11) is 0. The smallest absolute Gasteiger partial charge is 0.270 e. The average molecular weight is 389 g/mol. The third-order valence-electron chi connectivity index (χ3n) is 4.21. The van der Waals surface area contributed by atoms with Gasteiger partial charge in [-0.2, -0.15) is 0 Å². The van der Waals surface area contributed by atoms with Gasteiger partial charge in [-0.25, -0.2) is 9.97 Å². The van der Waals surface area contributed by atoms with Crippen LogP contribution in [0.4, 0.5) is 11.5 Å². The van der Waals surface area contributed by atoms with Crippen molar-refractivity contribution in [3.05, 3.63) is 45.8 Å². The number of rotatable bonds is 4. The summed E-state index contributed by atoms with van der Waals surface area (Å²) >= 11 is 3.46. The first-order valence-corrected chi connectivity index (χ1v) is 9.00. The first kappa shape index (κ1) is 16.9. The number of halogens is 1. The van der Waals surface area contributed by atoms with Gasteiger partial charge in [0.2, 0.25) is 0 Å². The Morgan fingerprint density at radius 2 is 1.92 bits per heavy atom. The molecule has 1 aromatic carbocycles. The van der Waals surface area contributed by atoms with E-state index in [1.165, 1.54) is 12.8 Å². The Bertz CT molecular complexity index is 757. The van der Waals surface area contributed by atoms with Gasteiger partial charge in [0.1, 0.15) is 17.3 Å². The molecule has 1 saturated carbocycles. The number of anilines is 2. The SMILES string of the molecule is Cc1nc(Nc2ccc(Br)cc2C)cc(C(=O)NC2CCCC2)n1. The summed E-state index contributed by atoms with van der Waals surface area (Å²) in [5.74, 6) is 1.08. The summed E-state index contributed by atoms with van der Waals surface area (Å²) in [6, 6.07) is 7.97. The Kier molecular flexibility index (Phi) is 5.14. The van der Waals surface area contributed by atoms with Crippen molar-refractivity contribution in [1.29, 1.82) is 0 Å². The van der Waals surface area contributed by atoms with E-state index in [0.717, 1.165) is 28.6 Å². The van der Waals surface area contributed by atoms with Crippen LogP contribution < -0.4 is 10.6 Å². The molecule has 1 aliphatic rings. The Hall–Kier alpha value is -1.95. The number of hydrogen-bond acceptors (Lipinski definition) is 4. The van der Waals surface area contributed by atoms with Crippen molar-refractivity contribution in [2.45, 2.75) is 45.6 Å². The van der Waals surface area contributed by atoms with Crippen LogP contribution in [0.5, 0.6) is 0 Å². The highest BCUT2D eigenvalue weighted by Gasteiger charge is 2.19. The van der Waals surface area contributed by atoms with Crippen LogP contribution >= 0.6 is 15.9 Å². The van der Waals surface area contributed by atoms with Gasteiger partial charge in [-0.3, -0.25) is 4.79 Å². The van der Waals surface area contributed by atoms with E-state index < -0.39 is 0 Å². The zero-order valence-electron chi connectivity index (χ0n) is 13.9. The normalized spacial score (nSPS) is 14.6. The lowest BCUT2D eigenvalue weighted by molar-refractivity contribution is 0.0932. The van der Waals surface area contributed by atoms with E-state index in [1.54, 1.807) is 13.0 Å². The van der Waals surface area contributed by atoms with E-state index in [2.05, 4.69) is 36.5 Å². The van der Waals surface area contributed by atoms with Gasteiger partial charge in [0, 0.05) is 22.3 Å². The number of nitrogens with one attached hydrogen (secondary N) is 2. The molecule has 126 valence electrons. The fourth-order valence-corrected chi connectivity index (χ4v) is 3.46. The minimum Gasteiger partial charge on any atom is -0.348 e. The first-order valence-electron chi connectivity index (χ1n) is 8.21. The van der Waals surface area contributed by atoms with Gasteiger partial charge in [0.25, 0.3) is 5.91 Å². The quantitative estimate of drug-likeness (QED) is 0.820. The van der Waals surface area contributed by atoms with Crippen molar-refractivity contribution in [3.8, 4) is 0 Å². The van der Waals surface area contributed by atoms with E-state index in [1.807, 2.05) is 25.1 Å². The standard InChI is InChI=1S/C18H21BrN4O/c1-11-9-13(19)7-8-15(11)23-17-10-16(20-12(2)21-17)18(24)22-14-5-3-4-6-14/h7-10,14H,3-6H2,1-2H3,(H,22,24)(H,20,21,23). The molecule has 0 aliphatic heterocycles. The van der Waals surface area contributed by atoms with E-state index >= 15 is 0 Å². The molecule has 1 aromatic heterocycles. The maximum atomic E-state index is 12.4. The molecule has 0 spiro atoms. The second-order valence-corrected chi connectivity index (χ2v) is 7.14. The molecular formula is C18H21BrN4O. The molecule has 1 aliphatic carbocycles. The molecule has 24 heavy (non-hydrogen) atoms. The number of nitrogens with zero attached hydrogens (tertiary/aromatic N) is 2. The molecule has 6 heteroatoms. The Labute approximate surface area is 150 Å². The number of hydrogen-bond donors (Lipinski definition) is 2. The number of aryl methyl sites for hydroxylation is 2. The van der Waals surface area contributed by atoms with E-state index in [0.29, 0.717) is 17.3 Å². The van der Waals surface area contributed by atoms with Gasteiger partial charge in [-0.1, -0.05) is 28.8 Å². The summed E-state index contributed by atoms with van der Waals surface area (Å²) in [4.78, 5) is 21.1. The van der Waals surface area contributed by atoms with Crippen molar-refractivity contribution in [2.75, 3.05) is 5.32 Å². The van der Waals surface area contributed by atoms with Crippen LogP contribution in [0.1, 0.15) is 47.6 Å². The molecule has 1 amide bonds. The van der Waals surface area contributed by atoms with Crippen molar-refractivity contribution >= 4 is 33.3 Å². The minimum atomic E-state index is -0.122. The van der Waals surface area contributed by atoms with Crippen molar-refractivity contribution in [3.63, 3.8) is 0 Å². The third-order valence-corrected chi connectivity index (χ3v) is 4.71. The van der Waals surface area contributed by atoms with Crippen LogP contribution in [-0.2, 0) is 0 Å². The molecule has 1 heterocycles. The maximum Gasteiger partial charge on any atom is 0.270 e. The second-order valence-electron chi connectivity index (χ2n) is 6.22. The molecule has 1 fully saturated rings. The maximum absolute atomic E-state index is 12.4. The number of aromatic nitrogens is 2. The Morgan fingerprint density at radius 1 is 1.17 bits per heavy atom. The lowest BCUT2D eigenvalue weighted by atomic mass is 10.2. The minimum absolute atomic E-state index is 0.122. The first-order chi connectivity index (χ1) is 11.5. The van der Waals surface area contributed by atoms with E-state index in [9.17, 15) is 4.79 Å². The summed E-state index contributed by atoms with van der Waals surface area (Å²) in [5, 5.41) is 6.35. The average Bonchev–Trinajstić information content (AvgIpc) is 3.02. The van der Waals surface area contributed by atoms with Crippen LogP contribution in [0, 0.1) is 13.8 Å². The summed E-state index contributed by atoms with van der Waals surface area (Å²) in [6.45, 7) is 3.82. The van der Waals surface area contributed by atoms with Crippen molar-refractivity contribution in [2.24, 2.45) is 0 Å². The monoisotopic (exact) mass is 388 g/mol. The molecule has 5 nitrogen and oxygen atoms in total. The molecule has 0 atom stereocenters. The molecule has 0 unspecified atom stereocenters. The second kappa shape index (κ2) is 7.30. The summed E-state index contributed by atoms with van der Waals surface area (Å²) in [5.41, 5.74) is 2.46. The van der Waals surface area contributed by atoms with Gasteiger partial charge in [0.05, 0.1) is 0 Å². The predicted octanol–water partition coefficient (Wildman–Crippen LogP) is 4.27. The fraction of sp³-hybridized carbons (Fsp3) is 0.389. The van der Waals surface area contributed by atoms with Crippen LogP contribution in [0.3, 0.4) is 0 Å². The zero-order chi connectivity index (χ0) is 17.1. The Balaban J connectivity index is 1.79. The molecule has 0 bridgehead atoms. The number of amides is 1. The zero-order valence-corrected chi connectivity index (χ0v) is 15.5. The lowest BCUT2D eigenvalue weighted by Gasteiger charge is -2.13. The van der Waals surface area contributed by atoms with Crippen LogP contribution in [0.2, 0.25) is 0 Å². The van der Waals surface area contributed by atoms with Crippen LogP contribution in [0.15, 0.2) is 28.7 Å². The van der Waals surface area contributed by atoms with Crippen LogP contribution in [-0.4, -0.2) is 21.9 Å². The van der Waals surface area contributed by atoms with Crippen molar-refractivity contribution < 1.29 is 4.79 Å². The topological polar surface area (TPSA) is 66.9 Å². The largest absolute Gasteiger partial charge is 0.348 e.